The van der Waals surface area contributed by atoms with Crippen LogP contribution in [0.4, 0.5) is 16.2 Å². The molecule has 1 heterocycles. The zero-order valence-corrected chi connectivity index (χ0v) is 10.9. The maximum Gasteiger partial charge on any atom is 0.324 e. The maximum atomic E-state index is 12.2. The molecule has 0 saturated carbocycles. The monoisotopic (exact) mass is 258 g/mol. The van der Waals surface area contributed by atoms with Crippen LogP contribution in [0.15, 0.2) is 24.3 Å². The summed E-state index contributed by atoms with van der Waals surface area (Å²) in [5.41, 5.74) is 7.23. The summed E-state index contributed by atoms with van der Waals surface area (Å²) in [6.07, 6.45) is 2.29. The van der Waals surface area contributed by atoms with E-state index in [2.05, 4.69) is 6.07 Å². The predicted octanol–water partition coefficient (Wildman–Crippen LogP) is 2.20. The molecule has 2 rings (SSSR count). The molecule has 0 spiro atoms. The quantitative estimate of drug-likeness (QED) is 0.650. The highest BCUT2D eigenvalue weighted by atomic mass is 16.2. The smallest absolute Gasteiger partial charge is 0.324 e. The van der Waals surface area contributed by atoms with Gasteiger partial charge in [0.1, 0.15) is 0 Å². The number of urea groups is 1. The van der Waals surface area contributed by atoms with E-state index in [1.54, 1.807) is 17.0 Å². The molecule has 1 aromatic carbocycles. The number of nitrogens with two attached hydrogens (primary N) is 1. The van der Waals surface area contributed by atoms with Gasteiger partial charge in [0, 0.05) is 37.4 Å². The summed E-state index contributed by atoms with van der Waals surface area (Å²) in [7, 11) is 0. The van der Waals surface area contributed by atoms with Gasteiger partial charge < -0.3 is 10.6 Å². The van der Waals surface area contributed by atoms with Gasteiger partial charge in [-0.25, -0.2) is 4.79 Å². The molecule has 0 aliphatic carbocycles. The number of carbonyl (C=O) groups is 1. The third-order valence-electron chi connectivity index (χ3n) is 3.27. The van der Waals surface area contributed by atoms with E-state index in [1.165, 1.54) is 0 Å². The van der Waals surface area contributed by atoms with Crippen molar-refractivity contribution < 1.29 is 4.79 Å². The second-order valence-electron chi connectivity index (χ2n) is 4.63. The second-order valence-corrected chi connectivity index (χ2v) is 4.63. The number of nitriles is 1. The Balaban J connectivity index is 1.91. The molecule has 1 fully saturated rings. The van der Waals surface area contributed by atoms with Crippen LogP contribution in [0, 0.1) is 11.3 Å². The first-order valence-electron chi connectivity index (χ1n) is 6.51. The fourth-order valence-corrected chi connectivity index (χ4v) is 2.19. The van der Waals surface area contributed by atoms with Gasteiger partial charge >= 0.3 is 6.03 Å². The predicted molar refractivity (Wildman–Crippen MR) is 74.6 cm³/mol. The summed E-state index contributed by atoms with van der Waals surface area (Å²) in [6, 6.07) is 9.50. The van der Waals surface area contributed by atoms with Gasteiger partial charge in [-0.3, -0.25) is 4.90 Å². The van der Waals surface area contributed by atoms with Gasteiger partial charge in [-0.15, -0.1) is 0 Å². The third-order valence-corrected chi connectivity index (χ3v) is 3.27. The van der Waals surface area contributed by atoms with Crippen molar-refractivity contribution in [3.05, 3.63) is 24.3 Å². The lowest BCUT2D eigenvalue weighted by molar-refractivity contribution is 0.220. The van der Waals surface area contributed by atoms with Crippen LogP contribution in [0.2, 0.25) is 0 Å². The Bertz CT molecular complexity index is 477. The van der Waals surface area contributed by atoms with Crippen LogP contribution in [0.1, 0.15) is 19.3 Å². The lowest BCUT2D eigenvalue weighted by Crippen LogP contribution is -2.32. The van der Waals surface area contributed by atoms with Gasteiger partial charge in [0.2, 0.25) is 0 Å². The van der Waals surface area contributed by atoms with Crippen molar-refractivity contribution in [1.82, 2.24) is 4.90 Å². The molecule has 0 unspecified atom stereocenters. The Morgan fingerprint density at radius 3 is 2.63 bits per heavy atom. The minimum atomic E-state index is 0.0433. The van der Waals surface area contributed by atoms with Crippen molar-refractivity contribution in [3.8, 4) is 6.07 Å². The molecule has 100 valence electrons. The summed E-state index contributed by atoms with van der Waals surface area (Å²) < 4.78 is 0. The van der Waals surface area contributed by atoms with Crippen LogP contribution < -0.4 is 10.6 Å². The van der Waals surface area contributed by atoms with Crippen LogP contribution >= 0.6 is 0 Å². The molecule has 2 N–H and O–H groups in total. The second kappa shape index (κ2) is 6.10. The first-order valence-corrected chi connectivity index (χ1v) is 6.51. The Labute approximate surface area is 113 Å². The van der Waals surface area contributed by atoms with Crippen molar-refractivity contribution in [1.29, 1.82) is 5.26 Å². The number of amides is 2. The van der Waals surface area contributed by atoms with Crippen molar-refractivity contribution in [2.75, 3.05) is 30.3 Å². The number of benzene rings is 1. The Morgan fingerprint density at radius 1 is 1.21 bits per heavy atom. The van der Waals surface area contributed by atoms with E-state index >= 15 is 0 Å². The van der Waals surface area contributed by atoms with Crippen LogP contribution in [0.25, 0.3) is 0 Å². The largest absolute Gasteiger partial charge is 0.399 e. The number of hydrogen-bond acceptors (Lipinski definition) is 3. The van der Waals surface area contributed by atoms with Crippen LogP contribution in [-0.2, 0) is 0 Å². The zero-order valence-electron chi connectivity index (χ0n) is 10.9. The van der Waals surface area contributed by atoms with E-state index in [-0.39, 0.29) is 6.03 Å². The molecular weight excluding hydrogens is 240 g/mol. The number of nitrogens with zero attached hydrogens (tertiary/aromatic N) is 3. The van der Waals surface area contributed by atoms with E-state index < -0.39 is 0 Å². The fraction of sp³-hybridized carbons (Fsp3) is 0.429. The van der Waals surface area contributed by atoms with Gasteiger partial charge in [-0.1, -0.05) is 0 Å². The van der Waals surface area contributed by atoms with Crippen LogP contribution in [0.5, 0.6) is 0 Å². The molecule has 1 aliphatic heterocycles. The Morgan fingerprint density at radius 2 is 1.95 bits per heavy atom. The lowest BCUT2D eigenvalue weighted by atomic mass is 10.2. The van der Waals surface area contributed by atoms with E-state index in [4.69, 9.17) is 11.0 Å². The topological polar surface area (TPSA) is 73.4 Å². The number of rotatable bonds is 5. The third kappa shape index (κ3) is 3.16. The Kier molecular flexibility index (Phi) is 4.24. The standard InChI is InChI=1S/C14H18N4O/c15-8-2-1-3-9-17-10-11-18(14(17)19)13-6-4-12(16)5-7-13/h4-7H,1-3,9-11,16H2. The summed E-state index contributed by atoms with van der Waals surface area (Å²) in [4.78, 5) is 15.8. The van der Waals surface area contributed by atoms with Crippen LogP contribution in [0.3, 0.4) is 0 Å². The highest BCUT2D eigenvalue weighted by molar-refractivity contribution is 5.94. The summed E-state index contributed by atoms with van der Waals surface area (Å²) in [5, 5.41) is 8.47. The molecular formula is C14H18N4O. The number of anilines is 2. The highest BCUT2D eigenvalue weighted by Gasteiger charge is 2.28. The molecule has 19 heavy (non-hydrogen) atoms. The number of nitrogen functional groups attached to an aromatic ring is 1. The van der Waals surface area contributed by atoms with Crippen molar-refractivity contribution in [2.24, 2.45) is 0 Å². The molecule has 1 saturated heterocycles. The van der Waals surface area contributed by atoms with Gasteiger partial charge in [0.05, 0.1) is 6.07 Å². The fourth-order valence-electron chi connectivity index (χ4n) is 2.19. The van der Waals surface area contributed by atoms with Gasteiger partial charge in [-0.05, 0) is 37.1 Å². The number of carbonyl (C=O) groups excluding carboxylic acids is 1. The molecule has 0 bridgehead atoms. The molecule has 5 heteroatoms. The van der Waals surface area contributed by atoms with E-state index in [9.17, 15) is 4.79 Å². The summed E-state index contributed by atoms with van der Waals surface area (Å²) >= 11 is 0. The average molecular weight is 258 g/mol. The molecule has 1 aromatic rings. The summed E-state index contributed by atoms with van der Waals surface area (Å²) in [5.74, 6) is 0. The van der Waals surface area contributed by atoms with Crippen molar-refractivity contribution in [2.45, 2.75) is 19.3 Å². The van der Waals surface area contributed by atoms with Gasteiger partial charge in [0.15, 0.2) is 0 Å². The Hall–Kier alpha value is -2.22. The summed E-state index contributed by atoms with van der Waals surface area (Å²) in [6.45, 7) is 2.18. The number of unbranched alkanes of at least 4 members (excludes halogenated alkanes) is 2. The minimum absolute atomic E-state index is 0.0433. The molecule has 1 aliphatic rings. The van der Waals surface area contributed by atoms with E-state index in [0.29, 0.717) is 18.7 Å². The normalized spacial score (nSPS) is 14.8. The lowest BCUT2D eigenvalue weighted by Gasteiger charge is -2.18. The average Bonchev–Trinajstić information content (AvgIpc) is 2.77. The van der Waals surface area contributed by atoms with E-state index in [0.717, 1.165) is 31.6 Å². The van der Waals surface area contributed by atoms with Crippen LogP contribution in [-0.4, -0.2) is 30.6 Å². The van der Waals surface area contributed by atoms with E-state index in [1.807, 2.05) is 17.0 Å². The highest BCUT2D eigenvalue weighted by Crippen LogP contribution is 2.21. The molecule has 2 amide bonds. The molecule has 0 atom stereocenters. The van der Waals surface area contributed by atoms with Crippen molar-refractivity contribution in [3.63, 3.8) is 0 Å². The molecule has 0 aromatic heterocycles. The first kappa shape index (κ1) is 13.2. The SMILES string of the molecule is N#CCCCCN1CCN(c2ccc(N)cc2)C1=O. The maximum absolute atomic E-state index is 12.2. The van der Waals surface area contributed by atoms with Crippen molar-refractivity contribution >= 4 is 17.4 Å². The minimum Gasteiger partial charge on any atom is -0.399 e. The molecule has 5 nitrogen and oxygen atoms in total. The first-order chi connectivity index (χ1) is 9.22. The van der Waals surface area contributed by atoms with Gasteiger partial charge in [-0.2, -0.15) is 5.26 Å². The zero-order chi connectivity index (χ0) is 13.7. The molecule has 0 radical (unpaired) electrons. The van der Waals surface area contributed by atoms with Gasteiger partial charge in [0.25, 0.3) is 0 Å². The number of hydrogen-bond donors (Lipinski definition) is 1.